The number of nitrogens with one attached hydrogen (secondary N) is 1. The minimum absolute atomic E-state index is 0.0877. The first kappa shape index (κ1) is 14.3. The molecule has 0 fully saturated rings. The molecule has 0 bridgehead atoms. The number of aryl methyl sites for hydroxylation is 1. The second-order valence-electron chi connectivity index (χ2n) is 4.48. The molecular weight excluding hydrogens is 274 g/mol. The van der Waals surface area contributed by atoms with E-state index in [0.717, 1.165) is 11.6 Å². The van der Waals surface area contributed by atoms with Gasteiger partial charge < -0.3 is 16.2 Å². The predicted molar refractivity (Wildman–Crippen MR) is 78.3 cm³/mol. The zero-order valence-corrected chi connectivity index (χ0v) is 11.2. The Hall–Kier alpha value is -3.09. The van der Waals surface area contributed by atoms with Gasteiger partial charge in [-0.1, -0.05) is 6.07 Å². The number of nitrogens with zero attached hydrogens (tertiary/aromatic N) is 1. The zero-order chi connectivity index (χ0) is 15.6. The first-order chi connectivity index (χ1) is 9.88. The van der Waals surface area contributed by atoms with Crippen molar-refractivity contribution in [2.75, 3.05) is 11.1 Å². The molecular formula is C14H13N3O4. The summed E-state index contributed by atoms with van der Waals surface area (Å²) in [5, 5.41) is 22.7. The van der Waals surface area contributed by atoms with Crippen LogP contribution in [-0.4, -0.2) is 15.9 Å². The average Bonchev–Trinajstić information content (AvgIpc) is 2.43. The second-order valence-corrected chi connectivity index (χ2v) is 4.48. The monoisotopic (exact) mass is 287 g/mol. The quantitative estimate of drug-likeness (QED) is 0.347. The summed E-state index contributed by atoms with van der Waals surface area (Å²) in [7, 11) is 0. The number of nitrogens with two attached hydrogens (primary N) is 1. The van der Waals surface area contributed by atoms with Crippen LogP contribution in [0.25, 0.3) is 0 Å². The number of nitro benzene ring substituents is 1. The SMILES string of the molecule is Cc1ccc(C(=O)Nc2ccc([N+](=O)[O-])cc2O)cc1N. The van der Waals surface area contributed by atoms with Gasteiger partial charge in [0.25, 0.3) is 11.6 Å². The molecule has 0 unspecified atom stereocenters. The van der Waals surface area contributed by atoms with Crippen LogP contribution in [0.2, 0.25) is 0 Å². The van der Waals surface area contributed by atoms with Crippen LogP contribution < -0.4 is 11.1 Å². The maximum absolute atomic E-state index is 12.0. The number of carbonyl (C=O) groups is 1. The van der Waals surface area contributed by atoms with Gasteiger partial charge in [-0.25, -0.2) is 0 Å². The van der Waals surface area contributed by atoms with E-state index in [9.17, 15) is 20.0 Å². The van der Waals surface area contributed by atoms with E-state index in [1.807, 2.05) is 6.92 Å². The molecule has 0 aliphatic carbocycles. The van der Waals surface area contributed by atoms with Crippen LogP contribution in [0, 0.1) is 17.0 Å². The van der Waals surface area contributed by atoms with Gasteiger partial charge in [-0.05, 0) is 30.7 Å². The molecule has 2 aromatic rings. The lowest BCUT2D eigenvalue weighted by molar-refractivity contribution is -0.384. The topological polar surface area (TPSA) is 118 Å². The van der Waals surface area contributed by atoms with Crippen LogP contribution >= 0.6 is 0 Å². The Kier molecular flexibility index (Phi) is 3.75. The summed E-state index contributed by atoms with van der Waals surface area (Å²) in [4.78, 5) is 22.0. The van der Waals surface area contributed by atoms with E-state index >= 15 is 0 Å². The lowest BCUT2D eigenvalue weighted by Gasteiger charge is -2.08. The van der Waals surface area contributed by atoms with E-state index in [2.05, 4.69) is 5.32 Å². The van der Waals surface area contributed by atoms with Crippen molar-refractivity contribution in [1.82, 2.24) is 0 Å². The number of aromatic hydroxyl groups is 1. The third-order valence-electron chi connectivity index (χ3n) is 2.98. The Balaban J connectivity index is 2.23. The lowest BCUT2D eigenvalue weighted by Crippen LogP contribution is -2.12. The molecule has 0 aliphatic heterocycles. The van der Waals surface area contributed by atoms with Crippen LogP contribution in [0.5, 0.6) is 5.75 Å². The molecule has 0 heterocycles. The Morgan fingerprint density at radius 1 is 1.29 bits per heavy atom. The number of phenols is 1. The number of anilines is 2. The molecule has 0 atom stereocenters. The maximum atomic E-state index is 12.0. The fourth-order valence-electron chi connectivity index (χ4n) is 1.72. The van der Waals surface area contributed by atoms with Gasteiger partial charge in [-0.15, -0.1) is 0 Å². The number of non-ortho nitro benzene ring substituents is 1. The average molecular weight is 287 g/mol. The number of hydrogen-bond acceptors (Lipinski definition) is 5. The summed E-state index contributed by atoms with van der Waals surface area (Å²) in [6.07, 6.45) is 0. The summed E-state index contributed by atoms with van der Waals surface area (Å²) >= 11 is 0. The zero-order valence-electron chi connectivity index (χ0n) is 11.2. The van der Waals surface area contributed by atoms with Gasteiger partial charge in [0.2, 0.25) is 0 Å². The van der Waals surface area contributed by atoms with E-state index < -0.39 is 10.8 Å². The predicted octanol–water partition coefficient (Wildman–Crippen LogP) is 2.44. The van der Waals surface area contributed by atoms with Gasteiger partial charge in [0, 0.05) is 17.3 Å². The molecule has 0 spiro atoms. The number of amides is 1. The van der Waals surface area contributed by atoms with Crippen molar-refractivity contribution in [3.63, 3.8) is 0 Å². The summed E-state index contributed by atoms with van der Waals surface area (Å²) in [5.41, 5.74) is 7.22. The van der Waals surface area contributed by atoms with Gasteiger partial charge in [0.1, 0.15) is 5.75 Å². The van der Waals surface area contributed by atoms with Crippen molar-refractivity contribution in [2.45, 2.75) is 6.92 Å². The molecule has 7 heteroatoms. The number of phenolic OH excluding ortho intramolecular Hbond substituents is 1. The minimum atomic E-state index is -0.633. The molecule has 0 saturated heterocycles. The summed E-state index contributed by atoms with van der Waals surface area (Å²) in [6, 6.07) is 8.26. The van der Waals surface area contributed by atoms with Gasteiger partial charge in [0.05, 0.1) is 16.7 Å². The van der Waals surface area contributed by atoms with Gasteiger partial charge >= 0.3 is 0 Å². The highest BCUT2D eigenvalue weighted by Crippen LogP contribution is 2.28. The van der Waals surface area contributed by atoms with Crippen LogP contribution in [-0.2, 0) is 0 Å². The lowest BCUT2D eigenvalue weighted by atomic mass is 10.1. The Morgan fingerprint density at radius 2 is 2.00 bits per heavy atom. The highest BCUT2D eigenvalue weighted by molar-refractivity contribution is 6.05. The minimum Gasteiger partial charge on any atom is -0.506 e. The third-order valence-corrected chi connectivity index (χ3v) is 2.98. The number of hydrogen-bond donors (Lipinski definition) is 3. The first-order valence-corrected chi connectivity index (χ1v) is 6.03. The standard InChI is InChI=1S/C14H13N3O4/c1-8-2-3-9(6-11(8)15)14(19)16-12-5-4-10(17(20)21)7-13(12)18/h2-7,18H,15H2,1H3,(H,16,19). The number of rotatable bonds is 3. The van der Waals surface area contributed by atoms with E-state index in [4.69, 9.17) is 5.73 Å². The van der Waals surface area contributed by atoms with Crippen LogP contribution in [0.1, 0.15) is 15.9 Å². The van der Waals surface area contributed by atoms with Crippen molar-refractivity contribution < 1.29 is 14.8 Å². The van der Waals surface area contributed by atoms with Crippen molar-refractivity contribution in [3.05, 3.63) is 57.6 Å². The van der Waals surface area contributed by atoms with Gasteiger partial charge in [-0.2, -0.15) is 0 Å². The molecule has 0 aliphatic rings. The fourth-order valence-corrected chi connectivity index (χ4v) is 1.72. The Morgan fingerprint density at radius 3 is 2.57 bits per heavy atom. The smallest absolute Gasteiger partial charge is 0.273 e. The largest absolute Gasteiger partial charge is 0.506 e. The highest BCUT2D eigenvalue weighted by atomic mass is 16.6. The Bertz CT molecular complexity index is 728. The first-order valence-electron chi connectivity index (χ1n) is 6.03. The molecule has 0 saturated carbocycles. The van der Waals surface area contributed by atoms with E-state index in [-0.39, 0.29) is 17.1 Å². The van der Waals surface area contributed by atoms with Crippen molar-refractivity contribution >= 4 is 23.0 Å². The molecule has 7 nitrogen and oxygen atoms in total. The molecule has 2 rings (SSSR count). The maximum Gasteiger partial charge on any atom is 0.273 e. The summed E-state index contributed by atoms with van der Waals surface area (Å²) < 4.78 is 0. The highest BCUT2D eigenvalue weighted by Gasteiger charge is 2.13. The van der Waals surface area contributed by atoms with E-state index in [0.29, 0.717) is 11.3 Å². The van der Waals surface area contributed by atoms with E-state index in [1.165, 1.54) is 18.2 Å². The van der Waals surface area contributed by atoms with Crippen molar-refractivity contribution in [2.24, 2.45) is 0 Å². The summed E-state index contributed by atoms with van der Waals surface area (Å²) in [5.74, 6) is -0.844. The normalized spacial score (nSPS) is 10.1. The second kappa shape index (κ2) is 5.49. The number of nitro groups is 1. The van der Waals surface area contributed by atoms with Crippen LogP contribution in [0.3, 0.4) is 0 Å². The number of carbonyl (C=O) groups excluding carboxylic acids is 1. The molecule has 0 aromatic heterocycles. The van der Waals surface area contributed by atoms with Crippen molar-refractivity contribution in [3.8, 4) is 5.75 Å². The van der Waals surface area contributed by atoms with Crippen molar-refractivity contribution in [1.29, 1.82) is 0 Å². The number of nitrogen functional groups attached to an aromatic ring is 1. The van der Waals surface area contributed by atoms with Crippen LogP contribution in [0.15, 0.2) is 36.4 Å². The molecule has 1 amide bonds. The molecule has 0 radical (unpaired) electrons. The van der Waals surface area contributed by atoms with Crippen LogP contribution in [0.4, 0.5) is 17.1 Å². The van der Waals surface area contributed by atoms with Gasteiger partial charge in [-0.3, -0.25) is 14.9 Å². The number of benzene rings is 2. The molecule has 21 heavy (non-hydrogen) atoms. The van der Waals surface area contributed by atoms with Gasteiger partial charge in [0.15, 0.2) is 0 Å². The fraction of sp³-hybridized carbons (Fsp3) is 0.0714. The summed E-state index contributed by atoms with van der Waals surface area (Å²) in [6.45, 7) is 1.82. The molecule has 2 aromatic carbocycles. The molecule has 4 N–H and O–H groups in total. The van der Waals surface area contributed by atoms with E-state index in [1.54, 1.807) is 12.1 Å². The Labute approximate surface area is 120 Å². The third kappa shape index (κ3) is 3.08. The molecule has 108 valence electrons.